The number of nitrogens with one attached hydrogen (secondary N) is 1. The molecule has 0 bridgehead atoms. The summed E-state index contributed by atoms with van der Waals surface area (Å²) in [6, 6.07) is -1.00. The number of β-amino-alcohol motifs (C(OH)–C–C–N with tert-alkyl or cyclic N) is 1. The molecule has 0 saturated carbocycles. The van der Waals surface area contributed by atoms with Crippen LogP contribution in [0.3, 0.4) is 0 Å². The number of rotatable bonds is 4. The number of anilines is 2. The Morgan fingerprint density at radius 2 is 1.93 bits per heavy atom. The van der Waals surface area contributed by atoms with Gasteiger partial charge < -0.3 is 20.4 Å². The van der Waals surface area contributed by atoms with Gasteiger partial charge in [-0.2, -0.15) is 0 Å². The fourth-order valence-electron chi connectivity index (χ4n) is 3.71. The number of aliphatic hydroxyl groups is 1. The SMILES string of the molecule is C[C@@H]1C[C@@H](C(=O)O)n2c1ncc(NC(=O)c1cnc(N3CC[C@@H](O)C3)nc1)c2=O. The zero-order valence-electron chi connectivity index (χ0n) is 15.6. The van der Waals surface area contributed by atoms with Crippen LogP contribution in [0.1, 0.15) is 47.9 Å². The van der Waals surface area contributed by atoms with E-state index in [9.17, 15) is 24.6 Å². The van der Waals surface area contributed by atoms with Gasteiger partial charge in [0.15, 0.2) is 0 Å². The number of hydrogen-bond acceptors (Lipinski definition) is 8. The Morgan fingerprint density at radius 1 is 1.21 bits per heavy atom. The van der Waals surface area contributed by atoms with Crippen molar-refractivity contribution >= 4 is 23.5 Å². The summed E-state index contributed by atoms with van der Waals surface area (Å²) < 4.78 is 1.13. The number of fused-ring (bicyclic) bond motifs is 1. The Hall–Kier alpha value is -3.34. The highest BCUT2D eigenvalue weighted by molar-refractivity contribution is 6.03. The predicted octanol–water partition coefficient (Wildman–Crippen LogP) is -0.0105. The van der Waals surface area contributed by atoms with E-state index in [2.05, 4.69) is 20.3 Å². The van der Waals surface area contributed by atoms with Gasteiger partial charge in [0.2, 0.25) is 5.95 Å². The number of carbonyl (C=O) groups excluding carboxylic acids is 1. The Kier molecular flexibility index (Phi) is 4.74. The van der Waals surface area contributed by atoms with Gasteiger partial charge in [-0.05, 0) is 12.8 Å². The maximum Gasteiger partial charge on any atom is 0.326 e. The molecule has 1 fully saturated rings. The first-order valence-electron chi connectivity index (χ1n) is 9.25. The Labute approximate surface area is 165 Å². The van der Waals surface area contributed by atoms with Crippen LogP contribution < -0.4 is 15.8 Å². The summed E-state index contributed by atoms with van der Waals surface area (Å²) in [6.45, 7) is 2.87. The number of carboxylic acids is 1. The van der Waals surface area contributed by atoms with E-state index >= 15 is 0 Å². The average molecular weight is 400 g/mol. The highest BCUT2D eigenvalue weighted by Crippen LogP contribution is 2.33. The Balaban J connectivity index is 1.54. The molecule has 0 aromatic carbocycles. The lowest BCUT2D eigenvalue weighted by molar-refractivity contribution is -0.140. The number of aliphatic carboxylic acids is 1. The smallest absolute Gasteiger partial charge is 0.326 e. The van der Waals surface area contributed by atoms with E-state index in [1.165, 1.54) is 18.6 Å². The zero-order valence-corrected chi connectivity index (χ0v) is 15.6. The van der Waals surface area contributed by atoms with Crippen molar-refractivity contribution in [1.82, 2.24) is 19.5 Å². The lowest BCUT2D eigenvalue weighted by Crippen LogP contribution is -2.31. The normalized spacial score (nSPS) is 23.1. The van der Waals surface area contributed by atoms with Crippen LogP contribution >= 0.6 is 0 Å². The molecule has 3 atom stereocenters. The predicted molar refractivity (Wildman–Crippen MR) is 101 cm³/mol. The van der Waals surface area contributed by atoms with E-state index in [1.807, 2.05) is 4.90 Å². The molecule has 2 aliphatic rings. The van der Waals surface area contributed by atoms with Gasteiger partial charge in [0, 0.05) is 31.4 Å². The van der Waals surface area contributed by atoms with Crippen LogP contribution in [0, 0.1) is 0 Å². The summed E-state index contributed by atoms with van der Waals surface area (Å²) in [5, 5.41) is 21.4. The van der Waals surface area contributed by atoms with Crippen molar-refractivity contribution < 1.29 is 19.8 Å². The van der Waals surface area contributed by atoms with Gasteiger partial charge in [0.05, 0.1) is 17.9 Å². The van der Waals surface area contributed by atoms with Crippen molar-refractivity contribution in [2.24, 2.45) is 0 Å². The summed E-state index contributed by atoms with van der Waals surface area (Å²) in [5.41, 5.74) is -0.573. The summed E-state index contributed by atoms with van der Waals surface area (Å²) in [6.07, 6.45) is 4.41. The lowest BCUT2D eigenvalue weighted by Gasteiger charge is -2.15. The third-order valence-electron chi connectivity index (χ3n) is 5.23. The summed E-state index contributed by atoms with van der Waals surface area (Å²) in [5.74, 6) is -1.08. The van der Waals surface area contributed by atoms with Crippen molar-refractivity contribution in [2.45, 2.75) is 37.8 Å². The molecule has 152 valence electrons. The number of carbonyl (C=O) groups is 2. The molecule has 1 amide bonds. The average Bonchev–Trinajstić information content (AvgIpc) is 3.28. The van der Waals surface area contributed by atoms with Gasteiger partial charge in [-0.3, -0.25) is 14.2 Å². The summed E-state index contributed by atoms with van der Waals surface area (Å²) >= 11 is 0. The van der Waals surface area contributed by atoms with Crippen LogP contribution in [-0.4, -0.2) is 60.8 Å². The number of nitrogens with zero attached hydrogens (tertiary/aromatic N) is 5. The minimum atomic E-state index is -1.11. The molecule has 0 unspecified atom stereocenters. The molecule has 2 aromatic rings. The fourth-order valence-corrected chi connectivity index (χ4v) is 3.71. The monoisotopic (exact) mass is 400 g/mol. The Morgan fingerprint density at radius 3 is 2.55 bits per heavy atom. The van der Waals surface area contributed by atoms with Gasteiger partial charge in [-0.15, -0.1) is 0 Å². The van der Waals surface area contributed by atoms with Crippen LogP contribution in [0.25, 0.3) is 0 Å². The first-order valence-corrected chi connectivity index (χ1v) is 9.25. The second-order valence-electron chi connectivity index (χ2n) is 7.31. The van der Waals surface area contributed by atoms with Crippen molar-refractivity contribution in [3.63, 3.8) is 0 Å². The van der Waals surface area contributed by atoms with Crippen LogP contribution in [0.5, 0.6) is 0 Å². The molecule has 0 aliphatic carbocycles. The molecule has 2 aromatic heterocycles. The van der Waals surface area contributed by atoms with E-state index in [4.69, 9.17) is 0 Å². The first-order chi connectivity index (χ1) is 13.8. The zero-order chi connectivity index (χ0) is 20.7. The van der Waals surface area contributed by atoms with E-state index in [0.717, 1.165) is 4.57 Å². The number of aliphatic hydroxyl groups excluding tert-OH is 1. The molecule has 29 heavy (non-hydrogen) atoms. The molecule has 2 aliphatic heterocycles. The number of amides is 1. The molecule has 0 radical (unpaired) electrons. The van der Waals surface area contributed by atoms with Crippen molar-refractivity contribution in [3.05, 3.63) is 40.3 Å². The van der Waals surface area contributed by atoms with E-state index in [1.54, 1.807) is 6.92 Å². The second kappa shape index (κ2) is 7.24. The maximum atomic E-state index is 12.7. The van der Waals surface area contributed by atoms with Crippen LogP contribution in [0.15, 0.2) is 23.4 Å². The maximum absolute atomic E-state index is 12.7. The standard InChI is InChI=1S/C18H20N6O5/c1-9-4-13(17(28)29)24-14(9)19-7-12(16(24)27)22-15(26)10-5-20-18(21-6-10)23-3-2-11(25)8-23/h5-7,9,11,13,25H,2-4,8H2,1H3,(H,22,26)(H,28,29)/t9-,11-,13+/m1/s1. The summed E-state index contributed by atoms with van der Waals surface area (Å²) in [4.78, 5) is 51.0. The number of carboxylic acid groups (broad SMARTS) is 1. The van der Waals surface area contributed by atoms with Gasteiger partial charge in [0.1, 0.15) is 17.6 Å². The molecule has 11 heteroatoms. The minimum absolute atomic E-state index is 0.106. The second-order valence-corrected chi connectivity index (χ2v) is 7.31. The van der Waals surface area contributed by atoms with Crippen molar-refractivity contribution in [3.8, 4) is 0 Å². The number of hydrogen-bond donors (Lipinski definition) is 3. The molecule has 1 saturated heterocycles. The molecule has 11 nitrogen and oxygen atoms in total. The van der Waals surface area contributed by atoms with Gasteiger partial charge >= 0.3 is 5.97 Å². The van der Waals surface area contributed by atoms with Gasteiger partial charge in [0.25, 0.3) is 11.5 Å². The molecule has 3 N–H and O–H groups in total. The topological polar surface area (TPSA) is 151 Å². The van der Waals surface area contributed by atoms with Crippen molar-refractivity contribution in [1.29, 1.82) is 0 Å². The third kappa shape index (κ3) is 3.44. The quantitative estimate of drug-likeness (QED) is 0.643. The highest BCUT2D eigenvalue weighted by Gasteiger charge is 2.35. The van der Waals surface area contributed by atoms with Gasteiger partial charge in [-0.25, -0.2) is 19.7 Å². The van der Waals surface area contributed by atoms with Crippen LogP contribution in [-0.2, 0) is 4.79 Å². The lowest BCUT2D eigenvalue weighted by atomic mass is 10.1. The molecule has 4 heterocycles. The van der Waals surface area contributed by atoms with Gasteiger partial charge in [-0.1, -0.05) is 6.92 Å². The van der Waals surface area contributed by atoms with Crippen LogP contribution in [0.2, 0.25) is 0 Å². The Bertz CT molecular complexity index is 1020. The molecular weight excluding hydrogens is 380 g/mol. The molecule has 0 spiro atoms. The first kappa shape index (κ1) is 19.0. The molecule has 4 rings (SSSR count). The number of aromatic nitrogens is 4. The minimum Gasteiger partial charge on any atom is -0.480 e. The highest BCUT2D eigenvalue weighted by atomic mass is 16.4. The third-order valence-corrected chi connectivity index (χ3v) is 5.23. The van der Waals surface area contributed by atoms with Crippen LogP contribution in [0.4, 0.5) is 11.6 Å². The van der Waals surface area contributed by atoms with E-state index < -0.39 is 29.6 Å². The van der Waals surface area contributed by atoms with E-state index in [-0.39, 0.29) is 23.6 Å². The molecular formula is C18H20N6O5. The van der Waals surface area contributed by atoms with Crippen molar-refractivity contribution in [2.75, 3.05) is 23.3 Å². The summed E-state index contributed by atoms with van der Waals surface area (Å²) in [7, 11) is 0. The fraction of sp³-hybridized carbons (Fsp3) is 0.444. The largest absolute Gasteiger partial charge is 0.480 e. The van der Waals surface area contributed by atoms with E-state index in [0.29, 0.717) is 31.3 Å².